The predicted molar refractivity (Wildman–Crippen MR) is 133 cm³/mol. The molecule has 0 saturated carbocycles. The van der Waals surface area contributed by atoms with Gasteiger partial charge in [0.05, 0.1) is 11.2 Å². The number of hydrogen-bond acceptors (Lipinski definition) is 3. The van der Waals surface area contributed by atoms with Crippen molar-refractivity contribution < 1.29 is 13.9 Å². The van der Waals surface area contributed by atoms with Gasteiger partial charge < -0.3 is 14.2 Å². The van der Waals surface area contributed by atoms with E-state index in [1.165, 1.54) is 6.07 Å². The Balaban J connectivity index is 1.74. The monoisotopic (exact) mass is 536 g/mol. The molecule has 4 nitrogen and oxygen atoms in total. The summed E-state index contributed by atoms with van der Waals surface area (Å²) >= 11 is 15.4. The van der Waals surface area contributed by atoms with Crippen molar-refractivity contribution in [2.24, 2.45) is 0 Å². The minimum atomic E-state index is -0.594. The van der Waals surface area contributed by atoms with E-state index >= 15 is 0 Å². The highest BCUT2D eigenvalue weighted by Gasteiger charge is 2.30. The number of esters is 1. The molecule has 0 amide bonds. The Hall–Kier alpha value is -1.96. The molecule has 0 N–H and O–H groups in total. The molecule has 3 aromatic rings. The van der Waals surface area contributed by atoms with Crippen LogP contribution in [0.3, 0.4) is 0 Å². The largest absolute Gasteiger partial charge is 0.459 e. The second-order valence-corrected chi connectivity index (χ2v) is 10.6. The number of thiocarbonyl (C=S) groups is 1. The van der Waals surface area contributed by atoms with Gasteiger partial charge in [-0.3, -0.25) is 4.79 Å². The first-order valence-electron chi connectivity index (χ1n) is 10.3. The molecule has 2 aromatic carbocycles. The summed E-state index contributed by atoms with van der Waals surface area (Å²) in [5.74, 6) is -0.634. The summed E-state index contributed by atoms with van der Waals surface area (Å²) in [7, 11) is 0. The number of hydrogen-bond donors (Lipinski definition) is 0. The molecular formula is C24H23BrClFN2O2S. The maximum atomic E-state index is 14.5. The number of benzene rings is 2. The fourth-order valence-corrected chi connectivity index (χ4v) is 4.95. The van der Waals surface area contributed by atoms with E-state index in [0.29, 0.717) is 33.1 Å². The van der Waals surface area contributed by atoms with Gasteiger partial charge in [-0.05, 0) is 57.0 Å². The zero-order valence-electron chi connectivity index (χ0n) is 18.0. The van der Waals surface area contributed by atoms with E-state index in [4.69, 9.17) is 28.6 Å². The molecule has 0 bridgehead atoms. The molecule has 2 heterocycles. The van der Waals surface area contributed by atoms with Crippen molar-refractivity contribution in [3.05, 3.63) is 68.5 Å². The Morgan fingerprint density at radius 3 is 2.69 bits per heavy atom. The number of fused-ring (bicyclic) bond motifs is 3. The van der Waals surface area contributed by atoms with E-state index in [1.54, 1.807) is 6.07 Å². The maximum absolute atomic E-state index is 14.5. The average molecular weight is 538 g/mol. The van der Waals surface area contributed by atoms with Crippen molar-refractivity contribution in [3.8, 4) is 0 Å². The SMILES string of the molecule is CC(C)(C)OC(=O)Cn1c2c(c3ccc(Cl)cc31)CCN(Cc1ccc(Br)cc1F)C2=S. The number of ether oxygens (including phenoxy) is 1. The lowest BCUT2D eigenvalue weighted by molar-refractivity contribution is -0.155. The van der Waals surface area contributed by atoms with Crippen molar-refractivity contribution in [3.63, 3.8) is 0 Å². The fourth-order valence-electron chi connectivity index (χ4n) is 4.06. The van der Waals surface area contributed by atoms with E-state index < -0.39 is 5.60 Å². The van der Waals surface area contributed by atoms with E-state index in [9.17, 15) is 9.18 Å². The topological polar surface area (TPSA) is 34.5 Å². The quantitative estimate of drug-likeness (QED) is 0.290. The van der Waals surface area contributed by atoms with E-state index in [2.05, 4.69) is 15.9 Å². The predicted octanol–water partition coefficient (Wildman–Crippen LogP) is 6.27. The van der Waals surface area contributed by atoms with Gasteiger partial charge in [0.25, 0.3) is 0 Å². The van der Waals surface area contributed by atoms with Gasteiger partial charge in [-0.25, -0.2) is 4.39 Å². The third-order valence-corrected chi connectivity index (χ3v) is 6.52. The second-order valence-electron chi connectivity index (χ2n) is 8.87. The molecule has 1 aliphatic heterocycles. The number of rotatable bonds is 4. The number of nitrogens with zero attached hydrogens (tertiary/aromatic N) is 2. The van der Waals surface area contributed by atoms with Crippen LogP contribution in [0.5, 0.6) is 0 Å². The lowest BCUT2D eigenvalue weighted by atomic mass is 10.0. The molecule has 0 spiro atoms. The van der Waals surface area contributed by atoms with Crippen LogP contribution in [0.15, 0.2) is 40.9 Å². The van der Waals surface area contributed by atoms with Crippen LogP contribution in [0, 0.1) is 5.82 Å². The molecule has 0 unspecified atom stereocenters. The Labute approximate surface area is 205 Å². The summed E-state index contributed by atoms with van der Waals surface area (Å²) in [4.78, 5) is 15.3. The van der Waals surface area contributed by atoms with E-state index in [1.807, 2.05) is 54.5 Å². The third-order valence-electron chi connectivity index (χ3n) is 5.34. The van der Waals surface area contributed by atoms with Gasteiger partial charge >= 0.3 is 5.97 Å². The number of carbonyl (C=O) groups excluding carboxylic acids is 1. The molecule has 4 rings (SSSR count). The molecule has 32 heavy (non-hydrogen) atoms. The molecule has 0 atom stereocenters. The molecule has 0 saturated heterocycles. The van der Waals surface area contributed by atoms with Gasteiger partial charge in [-0.2, -0.15) is 0 Å². The average Bonchev–Trinajstić information content (AvgIpc) is 2.98. The van der Waals surface area contributed by atoms with Gasteiger partial charge in [0.15, 0.2) is 0 Å². The van der Waals surface area contributed by atoms with Crippen LogP contribution in [0.1, 0.15) is 37.6 Å². The lowest BCUT2D eigenvalue weighted by Crippen LogP contribution is -2.38. The molecule has 1 aliphatic rings. The van der Waals surface area contributed by atoms with Gasteiger partial charge in [0.1, 0.15) is 23.0 Å². The Morgan fingerprint density at radius 1 is 1.25 bits per heavy atom. The molecular weight excluding hydrogens is 515 g/mol. The minimum absolute atomic E-state index is 0.0179. The standard InChI is InChI=1S/C24H23BrClFN2O2S/c1-24(2,3)31-21(30)13-29-20-11-16(26)6-7-17(20)18-8-9-28(23(32)22(18)29)12-14-4-5-15(25)10-19(14)27/h4-7,10-11H,8-9,12-13H2,1-3H3. The first kappa shape index (κ1) is 23.2. The first-order chi connectivity index (χ1) is 15.0. The van der Waals surface area contributed by atoms with Crippen molar-refractivity contribution in [1.29, 1.82) is 0 Å². The van der Waals surface area contributed by atoms with E-state index in [0.717, 1.165) is 28.6 Å². The Bertz CT molecular complexity index is 1230. The van der Waals surface area contributed by atoms with Crippen molar-refractivity contribution in [2.75, 3.05) is 6.54 Å². The lowest BCUT2D eigenvalue weighted by Gasteiger charge is -2.31. The highest BCUT2D eigenvalue weighted by molar-refractivity contribution is 9.10. The van der Waals surface area contributed by atoms with Crippen LogP contribution in [-0.2, 0) is 29.0 Å². The summed E-state index contributed by atoms with van der Waals surface area (Å²) in [6, 6.07) is 10.7. The smallest absolute Gasteiger partial charge is 0.326 e. The van der Waals surface area contributed by atoms with Crippen LogP contribution in [0.4, 0.5) is 4.39 Å². The number of carbonyl (C=O) groups is 1. The van der Waals surface area contributed by atoms with E-state index in [-0.39, 0.29) is 18.3 Å². The van der Waals surface area contributed by atoms with Crippen LogP contribution in [0.25, 0.3) is 10.9 Å². The first-order valence-corrected chi connectivity index (χ1v) is 11.9. The van der Waals surface area contributed by atoms with Crippen LogP contribution < -0.4 is 0 Å². The third kappa shape index (κ3) is 4.70. The fraction of sp³-hybridized carbons (Fsp3) is 0.333. The van der Waals surface area contributed by atoms with Crippen molar-refractivity contribution in [1.82, 2.24) is 9.47 Å². The number of aromatic nitrogens is 1. The van der Waals surface area contributed by atoms with Crippen LogP contribution >= 0.6 is 39.7 Å². The molecule has 0 aliphatic carbocycles. The Morgan fingerprint density at radius 2 is 2.00 bits per heavy atom. The molecule has 0 radical (unpaired) electrons. The van der Waals surface area contributed by atoms with Crippen molar-refractivity contribution in [2.45, 2.75) is 45.9 Å². The molecule has 8 heteroatoms. The van der Waals surface area contributed by atoms with Gasteiger partial charge in [-0.1, -0.05) is 51.9 Å². The molecule has 0 fully saturated rings. The Kier molecular flexibility index (Phi) is 6.36. The zero-order chi connectivity index (χ0) is 23.2. The van der Waals surface area contributed by atoms with Gasteiger partial charge in [0, 0.05) is 33.5 Å². The highest BCUT2D eigenvalue weighted by Crippen LogP contribution is 2.34. The highest BCUT2D eigenvalue weighted by atomic mass is 79.9. The van der Waals surface area contributed by atoms with Crippen LogP contribution in [0.2, 0.25) is 5.02 Å². The second kappa shape index (κ2) is 8.76. The van der Waals surface area contributed by atoms with Crippen molar-refractivity contribution >= 4 is 61.6 Å². The van der Waals surface area contributed by atoms with Gasteiger partial charge in [0.2, 0.25) is 0 Å². The maximum Gasteiger partial charge on any atom is 0.326 e. The summed E-state index contributed by atoms with van der Waals surface area (Å²) in [6.45, 7) is 6.55. The van der Waals surface area contributed by atoms with Crippen LogP contribution in [-0.4, -0.2) is 32.6 Å². The minimum Gasteiger partial charge on any atom is -0.459 e. The summed E-state index contributed by atoms with van der Waals surface area (Å²) < 4.78 is 22.6. The normalized spacial score (nSPS) is 14.1. The molecule has 168 valence electrons. The summed E-state index contributed by atoms with van der Waals surface area (Å²) in [5.41, 5.74) is 2.69. The van der Waals surface area contributed by atoms with Gasteiger partial charge in [-0.15, -0.1) is 0 Å². The molecule has 1 aromatic heterocycles. The number of halogens is 3. The summed E-state index contributed by atoms with van der Waals surface area (Å²) in [6.07, 6.45) is 0.729. The zero-order valence-corrected chi connectivity index (χ0v) is 21.2. The summed E-state index contributed by atoms with van der Waals surface area (Å²) in [5, 5.41) is 1.60.